The van der Waals surface area contributed by atoms with E-state index in [0.29, 0.717) is 5.82 Å². The molecule has 1 aromatic heterocycles. The van der Waals surface area contributed by atoms with Gasteiger partial charge in [-0.2, -0.15) is 5.10 Å². The Hall–Kier alpha value is -1.56. The number of nitrogens with one attached hydrogen (secondary N) is 2. The summed E-state index contributed by atoms with van der Waals surface area (Å²) < 4.78 is 1.77. The molecule has 0 unspecified atom stereocenters. The molecule has 0 bridgehead atoms. The minimum absolute atomic E-state index is 0.152. The standard InChI is InChI=1S/C13H22N4O2/c1-9(2)17-12(7-8-14-17)16-13(19)15-10-3-5-11(18)6-4-10/h7-11,18H,3-6H2,1-2H3,(H2,15,16,19). The molecule has 6 nitrogen and oxygen atoms in total. The lowest BCUT2D eigenvalue weighted by atomic mass is 9.93. The van der Waals surface area contributed by atoms with Crippen LogP contribution in [0.2, 0.25) is 0 Å². The van der Waals surface area contributed by atoms with Gasteiger partial charge in [-0.15, -0.1) is 0 Å². The third kappa shape index (κ3) is 3.70. The molecule has 106 valence electrons. The fourth-order valence-electron chi connectivity index (χ4n) is 2.38. The number of amides is 2. The van der Waals surface area contributed by atoms with Crippen LogP contribution in [0.15, 0.2) is 12.3 Å². The maximum absolute atomic E-state index is 11.9. The first-order chi connectivity index (χ1) is 9.06. The molecular weight excluding hydrogens is 244 g/mol. The van der Waals surface area contributed by atoms with Crippen LogP contribution >= 0.6 is 0 Å². The molecule has 0 spiro atoms. The molecule has 1 aliphatic rings. The van der Waals surface area contributed by atoms with Gasteiger partial charge in [0.15, 0.2) is 0 Å². The number of aromatic nitrogens is 2. The number of anilines is 1. The van der Waals surface area contributed by atoms with E-state index >= 15 is 0 Å². The predicted molar refractivity (Wildman–Crippen MR) is 73.0 cm³/mol. The van der Waals surface area contributed by atoms with Gasteiger partial charge in [0.2, 0.25) is 0 Å². The summed E-state index contributed by atoms with van der Waals surface area (Å²) in [6.07, 6.45) is 4.65. The van der Waals surface area contributed by atoms with Crippen molar-refractivity contribution in [3.05, 3.63) is 12.3 Å². The normalized spacial score (nSPS) is 23.4. The van der Waals surface area contributed by atoms with Crippen molar-refractivity contribution in [1.82, 2.24) is 15.1 Å². The number of carbonyl (C=O) groups excluding carboxylic acids is 1. The Labute approximate surface area is 113 Å². The van der Waals surface area contributed by atoms with Crippen LogP contribution in [-0.2, 0) is 0 Å². The van der Waals surface area contributed by atoms with Crippen molar-refractivity contribution >= 4 is 11.8 Å². The topological polar surface area (TPSA) is 79.2 Å². The lowest BCUT2D eigenvalue weighted by Crippen LogP contribution is -2.41. The monoisotopic (exact) mass is 266 g/mol. The molecule has 19 heavy (non-hydrogen) atoms. The van der Waals surface area contributed by atoms with E-state index in [1.165, 1.54) is 0 Å². The Morgan fingerprint density at radius 1 is 1.42 bits per heavy atom. The van der Waals surface area contributed by atoms with Crippen molar-refractivity contribution in [2.45, 2.75) is 57.7 Å². The van der Waals surface area contributed by atoms with Crippen LogP contribution in [0.4, 0.5) is 10.6 Å². The second-order valence-corrected chi connectivity index (χ2v) is 5.36. The zero-order valence-corrected chi connectivity index (χ0v) is 11.5. The molecule has 2 rings (SSSR count). The quantitative estimate of drug-likeness (QED) is 0.781. The van der Waals surface area contributed by atoms with E-state index in [0.717, 1.165) is 25.7 Å². The van der Waals surface area contributed by atoms with Crippen molar-refractivity contribution in [1.29, 1.82) is 0 Å². The smallest absolute Gasteiger partial charge is 0.320 e. The van der Waals surface area contributed by atoms with E-state index in [-0.39, 0.29) is 24.2 Å². The lowest BCUT2D eigenvalue weighted by molar-refractivity contribution is 0.118. The molecule has 1 saturated carbocycles. The molecule has 0 atom stereocenters. The first-order valence-electron chi connectivity index (χ1n) is 6.85. The average molecular weight is 266 g/mol. The van der Waals surface area contributed by atoms with Gasteiger partial charge in [-0.25, -0.2) is 9.48 Å². The van der Waals surface area contributed by atoms with Gasteiger partial charge in [0.05, 0.1) is 12.3 Å². The molecule has 3 N–H and O–H groups in total. The highest BCUT2D eigenvalue weighted by molar-refractivity contribution is 5.88. The van der Waals surface area contributed by atoms with Gasteiger partial charge < -0.3 is 10.4 Å². The van der Waals surface area contributed by atoms with E-state index < -0.39 is 0 Å². The molecule has 0 aliphatic heterocycles. The van der Waals surface area contributed by atoms with Crippen LogP contribution in [0.25, 0.3) is 0 Å². The molecule has 1 fully saturated rings. The third-order valence-electron chi connectivity index (χ3n) is 3.43. The number of carbonyl (C=O) groups is 1. The third-order valence-corrected chi connectivity index (χ3v) is 3.43. The Morgan fingerprint density at radius 2 is 2.11 bits per heavy atom. The summed E-state index contributed by atoms with van der Waals surface area (Å²) in [6, 6.07) is 1.93. The van der Waals surface area contributed by atoms with Crippen LogP contribution in [0.3, 0.4) is 0 Å². The van der Waals surface area contributed by atoms with Crippen molar-refractivity contribution in [2.24, 2.45) is 0 Å². The summed E-state index contributed by atoms with van der Waals surface area (Å²) in [7, 11) is 0. The molecule has 1 heterocycles. The number of urea groups is 1. The zero-order chi connectivity index (χ0) is 13.8. The zero-order valence-electron chi connectivity index (χ0n) is 11.5. The summed E-state index contributed by atoms with van der Waals surface area (Å²) in [5.41, 5.74) is 0. The molecule has 0 radical (unpaired) electrons. The average Bonchev–Trinajstić information content (AvgIpc) is 2.80. The summed E-state index contributed by atoms with van der Waals surface area (Å²) in [6.45, 7) is 4.03. The summed E-state index contributed by atoms with van der Waals surface area (Å²) in [5, 5.41) is 19.4. The Balaban J connectivity index is 1.85. The number of rotatable bonds is 3. The number of hydrogen-bond donors (Lipinski definition) is 3. The Bertz CT molecular complexity index is 422. The van der Waals surface area contributed by atoms with Gasteiger partial charge in [-0.3, -0.25) is 5.32 Å². The van der Waals surface area contributed by atoms with E-state index in [9.17, 15) is 9.90 Å². The van der Waals surface area contributed by atoms with Crippen LogP contribution < -0.4 is 10.6 Å². The minimum atomic E-state index is -0.205. The molecule has 2 amide bonds. The first kappa shape index (κ1) is 13.9. The van der Waals surface area contributed by atoms with Crippen LogP contribution in [0.1, 0.15) is 45.6 Å². The van der Waals surface area contributed by atoms with E-state index in [2.05, 4.69) is 15.7 Å². The molecule has 0 aromatic carbocycles. The number of hydrogen-bond acceptors (Lipinski definition) is 3. The van der Waals surface area contributed by atoms with Crippen molar-refractivity contribution in [3.63, 3.8) is 0 Å². The maximum atomic E-state index is 11.9. The fourth-order valence-corrected chi connectivity index (χ4v) is 2.38. The number of aliphatic hydroxyl groups excluding tert-OH is 1. The van der Waals surface area contributed by atoms with Crippen LogP contribution in [-0.4, -0.2) is 33.1 Å². The highest BCUT2D eigenvalue weighted by Gasteiger charge is 2.21. The van der Waals surface area contributed by atoms with Gasteiger partial charge in [0, 0.05) is 18.2 Å². The van der Waals surface area contributed by atoms with Crippen LogP contribution in [0.5, 0.6) is 0 Å². The van der Waals surface area contributed by atoms with E-state index in [1.54, 1.807) is 16.9 Å². The highest BCUT2D eigenvalue weighted by atomic mass is 16.3. The Morgan fingerprint density at radius 3 is 2.74 bits per heavy atom. The summed E-state index contributed by atoms with van der Waals surface area (Å²) in [4.78, 5) is 11.9. The minimum Gasteiger partial charge on any atom is -0.393 e. The number of nitrogens with zero attached hydrogens (tertiary/aromatic N) is 2. The highest BCUT2D eigenvalue weighted by Crippen LogP contribution is 2.18. The molecular formula is C13H22N4O2. The Kier molecular flexibility index (Phi) is 4.42. The number of aliphatic hydroxyl groups is 1. The second-order valence-electron chi connectivity index (χ2n) is 5.36. The van der Waals surface area contributed by atoms with Gasteiger partial charge in [-0.05, 0) is 39.5 Å². The lowest BCUT2D eigenvalue weighted by Gasteiger charge is -2.26. The van der Waals surface area contributed by atoms with Gasteiger partial charge in [-0.1, -0.05) is 0 Å². The summed E-state index contributed by atoms with van der Waals surface area (Å²) in [5.74, 6) is 0.698. The van der Waals surface area contributed by atoms with Gasteiger partial charge in [0.1, 0.15) is 5.82 Å². The molecule has 1 aromatic rings. The first-order valence-corrected chi connectivity index (χ1v) is 6.85. The molecule has 6 heteroatoms. The van der Waals surface area contributed by atoms with E-state index in [4.69, 9.17) is 0 Å². The maximum Gasteiger partial charge on any atom is 0.320 e. The largest absolute Gasteiger partial charge is 0.393 e. The van der Waals surface area contributed by atoms with Crippen molar-refractivity contribution < 1.29 is 9.90 Å². The van der Waals surface area contributed by atoms with E-state index in [1.807, 2.05) is 13.8 Å². The van der Waals surface area contributed by atoms with Crippen molar-refractivity contribution in [3.8, 4) is 0 Å². The van der Waals surface area contributed by atoms with Crippen LogP contribution in [0, 0.1) is 0 Å². The predicted octanol–water partition coefficient (Wildman–Crippen LogP) is 1.89. The molecule has 0 saturated heterocycles. The van der Waals surface area contributed by atoms with Crippen molar-refractivity contribution in [2.75, 3.05) is 5.32 Å². The summed E-state index contributed by atoms with van der Waals surface area (Å²) >= 11 is 0. The molecule has 1 aliphatic carbocycles. The SMILES string of the molecule is CC(C)n1nccc1NC(=O)NC1CCC(O)CC1. The van der Waals surface area contributed by atoms with Gasteiger partial charge in [0.25, 0.3) is 0 Å². The van der Waals surface area contributed by atoms with Gasteiger partial charge >= 0.3 is 6.03 Å². The second kappa shape index (κ2) is 6.06. The fraction of sp³-hybridized carbons (Fsp3) is 0.692.